The number of hydrogen-bond acceptors (Lipinski definition) is 3. The molecule has 0 aromatic heterocycles. The third-order valence-electron chi connectivity index (χ3n) is 3.34. The summed E-state index contributed by atoms with van der Waals surface area (Å²) < 4.78 is 0. The summed E-state index contributed by atoms with van der Waals surface area (Å²) in [5, 5.41) is 15.5. The van der Waals surface area contributed by atoms with Gasteiger partial charge in [0, 0.05) is 0 Å². The van der Waals surface area contributed by atoms with E-state index >= 15 is 0 Å². The van der Waals surface area contributed by atoms with E-state index in [9.17, 15) is 4.79 Å². The van der Waals surface area contributed by atoms with Crippen LogP contribution < -0.4 is 10.6 Å². The first-order valence-electron chi connectivity index (χ1n) is 6.26. The van der Waals surface area contributed by atoms with Crippen LogP contribution in [0.2, 0.25) is 5.02 Å². The normalized spacial score (nSPS) is 17.1. The molecule has 2 N–H and O–H groups in total. The zero-order chi connectivity index (χ0) is 13.9. The van der Waals surface area contributed by atoms with Gasteiger partial charge in [-0.05, 0) is 37.8 Å². The lowest BCUT2D eigenvalue weighted by molar-refractivity contribution is -0.120. The molecule has 0 spiro atoms. The molecular weight excluding hydrogens is 262 g/mol. The van der Waals surface area contributed by atoms with E-state index in [0.29, 0.717) is 10.7 Å². The minimum atomic E-state index is -0.751. The van der Waals surface area contributed by atoms with Crippen LogP contribution >= 0.6 is 11.6 Å². The monoisotopic (exact) mass is 277 g/mol. The van der Waals surface area contributed by atoms with Gasteiger partial charge in [-0.25, -0.2) is 0 Å². The zero-order valence-corrected chi connectivity index (χ0v) is 11.5. The van der Waals surface area contributed by atoms with E-state index in [1.54, 1.807) is 19.1 Å². The topological polar surface area (TPSA) is 64.9 Å². The van der Waals surface area contributed by atoms with Crippen LogP contribution in [0.5, 0.6) is 0 Å². The van der Waals surface area contributed by atoms with Crippen LogP contribution in [0, 0.1) is 17.2 Å². The van der Waals surface area contributed by atoms with E-state index < -0.39 is 5.54 Å². The summed E-state index contributed by atoms with van der Waals surface area (Å²) in [6, 6.07) is 9.43. The lowest BCUT2D eigenvalue weighted by atomic mass is 9.98. The van der Waals surface area contributed by atoms with Crippen LogP contribution in [-0.2, 0) is 4.79 Å². The highest BCUT2D eigenvalue weighted by molar-refractivity contribution is 6.33. The molecule has 1 fully saturated rings. The number of nitrogens with zero attached hydrogens (tertiary/aromatic N) is 1. The van der Waals surface area contributed by atoms with Gasteiger partial charge in [0.2, 0.25) is 5.91 Å². The van der Waals surface area contributed by atoms with Gasteiger partial charge in [-0.2, -0.15) is 5.26 Å². The van der Waals surface area contributed by atoms with E-state index in [4.69, 9.17) is 16.9 Å². The Balaban J connectivity index is 1.88. The van der Waals surface area contributed by atoms with Gasteiger partial charge in [0.25, 0.3) is 0 Å². The SMILES string of the molecule is C[C@@](C#N)(NC(=O)CNc1ccccc1Cl)C1CC1. The van der Waals surface area contributed by atoms with E-state index in [2.05, 4.69) is 16.7 Å². The fourth-order valence-electron chi connectivity index (χ4n) is 2.00. The highest BCUT2D eigenvalue weighted by Crippen LogP contribution is 2.39. The maximum absolute atomic E-state index is 11.9. The standard InChI is InChI=1S/C14H16ClN3O/c1-14(9-16,10-6-7-10)18-13(19)8-17-12-5-3-2-4-11(12)15/h2-5,10,17H,6-8H2,1H3,(H,18,19)/t14-/m0/s1. The van der Waals surface area contributed by atoms with Gasteiger partial charge < -0.3 is 10.6 Å². The van der Waals surface area contributed by atoms with Crippen LogP contribution in [0.1, 0.15) is 19.8 Å². The van der Waals surface area contributed by atoms with Gasteiger partial charge in [0.1, 0.15) is 5.54 Å². The van der Waals surface area contributed by atoms with Crippen LogP contribution in [0.15, 0.2) is 24.3 Å². The average Bonchev–Trinajstić information content (AvgIpc) is 3.22. The quantitative estimate of drug-likeness (QED) is 0.869. The second-order valence-electron chi connectivity index (χ2n) is 4.97. The molecule has 100 valence electrons. The number of benzene rings is 1. The fraction of sp³-hybridized carbons (Fsp3) is 0.429. The number of para-hydroxylation sites is 1. The number of hydrogen-bond donors (Lipinski definition) is 2. The van der Waals surface area contributed by atoms with Gasteiger partial charge in [-0.3, -0.25) is 4.79 Å². The molecule has 0 unspecified atom stereocenters. The summed E-state index contributed by atoms with van der Waals surface area (Å²) >= 11 is 5.98. The van der Waals surface area contributed by atoms with Gasteiger partial charge in [0.15, 0.2) is 0 Å². The molecule has 0 heterocycles. The Kier molecular flexibility index (Phi) is 3.96. The van der Waals surface area contributed by atoms with Crippen LogP contribution in [0.25, 0.3) is 0 Å². The number of carbonyl (C=O) groups is 1. The molecule has 4 nitrogen and oxygen atoms in total. The zero-order valence-electron chi connectivity index (χ0n) is 10.7. The number of rotatable bonds is 5. The first-order chi connectivity index (χ1) is 9.05. The molecule has 1 saturated carbocycles. The summed E-state index contributed by atoms with van der Waals surface area (Å²) in [6.07, 6.45) is 2.00. The Morgan fingerprint density at radius 2 is 2.21 bits per heavy atom. The number of amides is 1. The van der Waals surface area contributed by atoms with E-state index in [1.165, 1.54) is 0 Å². The van der Waals surface area contributed by atoms with Crippen molar-refractivity contribution in [2.24, 2.45) is 5.92 Å². The second kappa shape index (κ2) is 5.50. The Morgan fingerprint density at radius 1 is 1.53 bits per heavy atom. The molecule has 0 saturated heterocycles. The van der Waals surface area contributed by atoms with Crippen molar-refractivity contribution in [3.63, 3.8) is 0 Å². The van der Waals surface area contributed by atoms with Crippen molar-refractivity contribution >= 4 is 23.2 Å². The number of nitriles is 1. The highest BCUT2D eigenvalue weighted by atomic mass is 35.5. The van der Waals surface area contributed by atoms with Crippen molar-refractivity contribution in [1.29, 1.82) is 5.26 Å². The first-order valence-corrected chi connectivity index (χ1v) is 6.63. The Labute approximate surface area is 117 Å². The van der Waals surface area contributed by atoms with Crippen molar-refractivity contribution in [3.8, 4) is 6.07 Å². The summed E-state index contributed by atoms with van der Waals surface area (Å²) in [6.45, 7) is 1.88. The van der Waals surface area contributed by atoms with Gasteiger partial charge in [0.05, 0.1) is 23.3 Å². The third-order valence-corrected chi connectivity index (χ3v) is 3.67. The minimum absolute atomic E-state index is 0.105. The number of nitrogens with one attached hydrogen (secondary N) is 2. The summed E-state index contributed by atoms with van der Waals surface area (Å²) in [5.74, 6) is 0.0811. The minimum Gasteiger partial charge on any atom is -0.375 e. The molecule has 5 heteroatoms. The Bertz CT molecular complexity index is 522. The molecule has 0 aliphatic heterocycles. The van der Waals surface area contributed by atoms with Crippen LogP contribution in [0.3, 0.4) is 0 Å². The van der Waals surface area contributed by atoms with Crippen molar-refractivity contribution in [3.05, 3.63) is 29.3 Å². The maximum atomic E-state index is 11.9. The van der Waals surface area contributed by atoms with Gasteiger partial charge >= 0.3 is 0 Å². The number of carbonyl (C=O) groups excluding carboxylic acids is 1. The second-order valence-corrected chi connectivity index (χ2v) is 5.38. The Morgan fingerprint density at radius 3 is 2.79 bits per heavy atom. The molecule has 1 aromatic carbocycles. The molecular formula is C14H16ClN3O. The van der Waals surface area contributed by atoms with E-state index in [0.717, 1.165) is 12.8 Å². The Hall–Kier alpha value is -1.73. The molecule has 1 amide bonds. The molecule has 19 heavy (non-hydrogen) atoms. The van der Waals surface area contributed by atoms with Crippen molar-refractivity contribution < 1.29 is 4.79 Å². The highest BCUT2D eigenvalue weighted by Gasteiger charge is 2.42. The number of anilines is 1. The lowest BCUT2D eigenvalue weighted by Gasteiger charge is -2.23. The first kappa shape index (κ1) is 13.7. The van der Waals surface area contributed by atoms with Crippen LogP contribution in [0.4, 0.5) is 5.69 Å². The predicted octanol–water partition coefficient (Wildman–Crippen LogP) is 2.56. The molecule has 1 aliphatic carbocycles. The number of halogens is 1. The summed E-state index contributed by atoms with van der Waals surface area (Å²) in [4.78, 5) is 11.9. The molecule has 1 atom stereocenters. The molecule has 2 rings (SSSR count). The largest absolute Gasteiger partial charge is 0.375 e. The molecule has 0 bridgehead atoms. The smallest absolute Gasteiger partial charge is 0.240 e. The van der Waals surface area contributed by atoms with E-state index in [1.807, 2.05) is 12.1 Å². The van der Waals surface area contributed by atoms with Crippen molar-refractivity contribution in [1.82, 2.24) is 5.32 Å². The van der Waals surface area contributed by atoms with Crippen molar-refractivity contribution in [2.75, 3.05) is 11.9 Å². The van der Waals surface area contributed by atoms with E-state index in [-0.39, 0.29) is 18.4 Å². The van der Waals surface area contributed by atoms with Gasteiger partial charge in [-0.15, -0.1) is 0 Å². The average molecular weight is 278 g/mol. The fourth-order valence-corrected chi connectivity index (χ4v) is 2.20. The summed E-state index contributed by atoms with van der Waals surface area (Å²) in [7, 11) is 0. The molecule has 0 radical (unpaired) electrons. The summed E-state index contributed by atoms with van der Waals surface area (Å²) in [5.41, 5.74) is -0.0383. The maximum Gasteiger partial charge on any atom is 0.240 e. The lowest BCUT2D eigenvalue weighted by Crippen LogP contribution is -2.48. The van der Waals surface area contributed by atoms with Gasteiger partial charge in [-0.1, -0.05) is 23.7 Å². The predicted molar refractivity (Wildman–Crippen MR) is 74.8 cm³/mol. The molecule has 1 aromatic rings. The van der Waals surface area contributed by atoms with Crippen LogP contribution in [-0.4, -0.2) is 18.0 Å². The third kappa shape index (κ3) is 3.39. The van der Waals surface area contributed by atoms with Crippen molar-refractivity contribution in [2.45, 2.75) is 25.3 Å². The molecule has 1 aliphatic rings.